The zero-order chi connectivity index (χ0) is 18.0. The van der Waals surface area contributed by atoms with Gasteiger partial charge in [0.2, 0.25) is 5.91 Å². The van der Waals surface area contributed by atoms with Crippen molar-refractivity contribution in [3.8, 4) is 0 Å². The first kappa shape index (κ1) is 17.0. The Morgan fingerprint density at radius 2 is 1.88 bits per heavy atom. The Labute approximate surface area is 149 Å². The van der Waals surface area contributed by atoms with Gasteiger partial charge in [0.05, 0.1) is 6.04 Å². The molecular weight excluding hydrogens is 314 g/mol. The fourth-order valence-corrected chi connectivity index (χ4v) is 6.80. The quantitative estimate of drug-likeness (QED) is 0.795. The lowest BCUT2D eigenvalue weighted by Gasteiger charge is -2.57. The second kappa shape index (κ2) is 5.52. The van der Waals surface area contributed by atoms with E-state index in [1.807, 2.05) is 6.08 Å². The molecule has 0 bridgehead atoms. The van der Waals surface area contributed by atoms with E-state index < -0.39 is 0 Å². The van der Waals surface area contributed by atoms with E-state index in [0.29, 0.717) is 30.6 Å². The summed E-state index contributed by atoms with van der Waals surface area (Å²) in [7, 11) is 0. The van der Waals surface area contributed by atoms with Gasteiger partial charge in [0.15, 0.2) is 11.6 Å². The van der Waals surface area contributed by atoms with Crippen LogP contribution in [0.1, 0.15) is 65.7 Å². The molecule has 4 heteroatoms. The van der Waals surface area contributed by atoms with Crippen molar-refractivity contribution >= 4 is 17.5 Å². The van der Waals surface area contributed by atoms with Crippen molar-refractivity contribution in [1.82, 2.24) is 5.32 Å². The van der Waals surface area contributed by atoms with E-state index in [-0.39, 0.29) is 34.3 Å². The van der Waals surface area contributed by atoms with Crippen molar-refractivity contribution < 1.29 is 14.4 Å². The maximum Gasteiger partial charge on any atom is 0.217 e. The van der Waals surface area contributed by atoms with Crippen molar-refractivity contribution in [3.63, 3.8) is 0 Å². The van der Waals surface area contributed by atoms with Gasteiger partial charge in [-0.2, -0.15) is 0 Å². The number of ketones is 2. The second-order valence-electron chi connectivity index (χ2n) is 9.32. The molecule has 3 fully saturated rings. The number of carbonyl (C=O) groups is 3. The standard InChI is InChI=1S/C21H29NO3/c1-12(23)22-19-18(25)11-17-15-5-4-13-10-14(24)6-8-20(13,2)16(15)7-9-21(17,19)3/h10,15-17,19H,4-9,11H2,1-3H3,(H,22,23)/t15-,16+,17+,19+,20-,21-/m0/s1. The predicted octanol–water partition coefficient (Wildman–Crippen LogP) is 3.20. The first-order chi connectivity index (χ1) is 11.8. The number of hydrogen-bond donors (Lipinski definition) is 1. The summed E-state index contributed by atoms with van der Waals surface area (Å²) in [6.45, 7) is 6.08. The minimum absolute atomic E-state index is 0.103. The molecule has 4 nitrogen and oxygen atoms in total. The Bertz CT molecular complexity index is 681. The highest BCUT2D eigenvalue weighted by Crippen LogP contribution is 2.64. The van der Waals surface area contributed by atoms with Gasteiger partial charge in [-0.1, -0.05) is 19.4 Å². The Balaban J connectivity index is 1.66. The van der Waals surface area contributed by atoms with Gasteiger partial charge >= 0.3 is 0 Å². The molecule has 0 aromatic rings. The minimum atomic E-state index is -0.311. The Hall–Kier alpha value is -1.45. The van der Waals surface area contributed by atoms with Crippen molar-refractivity contribution in [3.05, 3.63) is 11.6 Å². The van der Waals surface area contributed by atoms with Gasteiger partial charge in [-0.15, -0.1) is 0 Å². The summed E-state index contributed by atoms with van der Waals surface area (Å²) in [5, 5.41) is 2.95. The molecule has 1 N–H and O–H groups in total. The molecule has 6 atom stereocenters. The summed E-state index contributed by atoms with van der Waals surface area (Å²) < 4.78 is 0. The molecule has 136 valence electrons. The number of hydrogen-bond acceptors (Lipinski definition) is 3. The van der Waals surface area contributed by atoms with Gasteiger partial charge < -0.3 is 5.32 Å². The van der Waals surface area contributed by atoms with Crippen molar-refractivity contribution in [1.29, 1.82) is 0 Å². The summed E-state index contributed by atoms with van der Waals surface area (Å²) in [5.74, 6) is 1.88. The Morgan fingerprint density at radius 3 is 2.60 bits per heavy atom. The van der Waals surface area contributed by atoms with E-state index in [0.717, 1.165) is 32.1 Å². The van der Waals surface area contributed by atoms with Crippen LogP contribution in [0.25, 0.3) is 0 Å². The second-order valence-corrected chi connectivity index (χ2v) is 9.32. The third-order valence-electron chi connectivity index (χ3n) is 8.15. The van der Waals surface area contributed by atoms with Gasteiger partial charge in [0, 0.05) is 19.8 Å². The summed E-state index contributed by atoms with van der Waals surface area (Å²) >= 11 is 0. The number of nitrogens with one attached hydrogen (secondary N) is 1. The van der Waals surface area contributed by atoms with Crippen LogP contribution in [0.15, 0.2) is 11.6 Å². The van der Waals surface area contributed by atoms with E-state index in [9.17, 15) is 14.4 Å². The van der Waals surface area contributed by atoms with E-state index in [1.165, 1.54) is 12.5 Å². The third-order valence-corrected chi connectivity index (χ3v) is 8.15. The average molecular weight is 343 g/mol. The summed E-state index contributed by atoms with van der Waals surface area (Å²) in [5.41, 5.74) is 1.38. The van der Waals surface area contributed by atoms with E-state index in [1.54, 1.807) is 0 Å². The monoisotopic (exact) mass is 343 g/mol. The van der Waals surface area contributed by atoms with Crippen molar-refractivity contribution in [2.75, 3.05) is 0 Å². The number of carbonyl (C=O) groups excluding carboxylic acids is 3. The number of fused-ring (bicyclic) bond motifs is 5. The van der Waals surface area contributed by atoms with Gasteiger partial charge in [-0.05, 0) is 66.8 Å². The van der Waals surface area contributed by atoms with E-state index in [2.05, 4.69) is 19.2 Å². The van der Waals surface area contributed by atoms with Crippen LogP contribution in [0.4, 0.5) is 0 Å². The van der Waals surface area contributed by atoms with Gasteiger partial charge in [0.25, 0.3) is 0 Å². The van der Waals surface area contributed by atoms with Crippen LogP contribution < -0.4 is 5.32 Å². The molecule has 0 unspecified atom stereocenters. The maximum absolute atomic E-state index is 12.7. The topological polar surface area (TPSA) is 63.2 Å². The first-order valence-electron chi connectivity index (χ1n) is 9.79. The molecule has 0 radical (unpaired) electrons. The molecule has 0 heterocycles. The van der Waals surface area contributed by atoms with E-state index >= 15 is 0 Å². The molecule has 4 rings (SSSR count). The highest BCUT2D eigenvalue weighted by molar-refractivity contribution is 5.92. The van der Waals surface area contributed by atoms with Crippen LogP contribution in [-0.4, -0.2) is 23.5 Å². The van der Waals surface area contributed by atoms with Crippen LogP contribution in [0.2, 0.25) is 0 Å². The molecule has 0 spiro atoms. The zero-order valence-corrected chi connectivity index (χ0v) is 15.6. The molecule has 0 aromatic carbocycles. The van der Waals surface area contributed by atoms with Gasteiger partial charge in [0.1, 0.15) is 0 Å². The highest BCUT2D eigenvalue weighted by Gasteiger charge is 2.61. The minimum Gasteiger partial charge on any atom is -0.346 e. The number of Topliss-reactive ketones (excluding diaryl/α,β-unsaturated/α-hetero) is 1. The molecule has 4 aliphatic carbocycles. The summed E-state index contributed by atoms with van der Waals surface area (Å²) in [4.78, 5) is 36.2. The fourth-order valence-electron chi connectivity index (χ4n) is 6.80. The third kappa shape index (κ3) is 2.36. The van der Waals surface area contributed by atoms with Gasteiger partial charge in [-0.25, -0.2) is 0 Å². The molecule has 3 saturated carbocycles. The molecule has 4 aliphatic rings. The van der Waals surface area contributed by atoms with Crippen molar-refractivity contribution in [2.45, 2.75) is 71.8 Å². The van der Waals surface area contributed by atoms with Crippen molar-refractivity contribution in [2.24, 2.45) is 28.6 Å². The lowest BCUT2D eigenvalue weighted by Crippen LogP contribution is -2.54. The van der Waals surface area contributed by atoms with Crippen LogP contribution in [0, 0.1) is 28.6 Å². The summed E-state index contributed by atoms with van der Waals surface area (Å²) in [6.07, 6.45) is 8.33. The Morgan fingerprint density at radius 1 is 1.12 bits per heavy atom. The number of allylic oxidation sites excluding steroid dienone is 1. The van der Waals surface area contributed by atoms with Crippen LogP contribution in [0.5, 0.6) is 0 Å². The lowest BCUT2D eigenvalue weighted by molar-refractivity contribution is -0.127. The first-order valence-corrected chi connectivity index (χ1v) is 9.79. The normalized spacial score (nSPS) is 46.0. The molecule has 25 heavy (non-hydrogen) atoms. The fraction of sp³-hybridized carbons (Fsp3) is 0.762. The Kier molecular flexibility index (Phi) is 3.75. The lowest BCUT2D eigenvalue weighted by atomic mass is 9.47. The maximum atomic E-state index is 12.7. The molecule has 1 amide bonds. The van der Waals surface area contributed by atoms with Crippen LogP contribution in [-0.2, 0) is 14.4 Å². The van der Waals surface area contributed by atoms with Crippen LogP contribution >= 0.6 is 0 Å². The smallest absolute Gasteiger partial charge is 0.217 e. The number of rotatable bonds is 1. The van der Waals surface area contributed by atoms with E-state index in [4.69, 9.17) is 0 Å². The average Bonchev–Trinajstić information content (AvgIpc) is 2.79. The largest absolute Gasteiger partial charge is 0.346 e. The summed E-state index contributed by atoms with van der Waals surface area (Å²) in [6, 6.07) is -0.311. The molecular formula is C21H29NO3. The SMILES string of the molecule is CC(=O)N[C@@H]1C(=O)C[C@@H]2[C@H]3CCC4=CC(=O)CC[C@]4(C)[C@@H]3CC[C@]12C. The van der Waals surface area contributed by atoms with Gasteiger partial charge in [-0.3, -0.25) is 14.4 Å². The zero-order valence-electron chi connectivity index (χ0n) is 15.6. The number of amides is 1. The van der Waals surface area contributed by atoms with Crippen LogP contribution in [0.3, 0.4) is 0 Å². The molecule has 0 aliphatic heterocycles. The predicted molar refractivity (Wildman–Crippen MR) is 94.7 cm³/mol. The molecule has 0 saturated heterocycles. The highest BCUT2D eigenvalue weighted by atomic mass is 16.2. The molecule has 0 aromatic heterocycles.